The average molecular weight is 470 g/mol. The van der Waals surface area contributed by atoms with Gasteiger partial charge in [0.15, 0.2) is 5.16 Å². The van der Waals surface area contributed by atoms with Crippen molar-refractivity contribution in [3.8, 4) is 6.07 Å². The summed E-state index contributed by atoms with van der Waals surface area (Å²) in [6.07, 6.45) is 5.50. The summed E-state index contributed by atoms with van der Waals surface area (Å²) in [7, 11) is 0. The maximum absolute atomic E-state index is 12.7. The minimum absolute atomic E-state index is 0.138. The Hall–Kier alpha value is -2.41. The lowest BCUT2D eigenvalue weighted by atomic mass is 9.89. The van der Waals surface area contributed by atoms with Crippen LogP contribution in [0.25, 0.3) is 0 Å². The highest BCUT2D eigenvalue weighted by molar-refractivity contribution is 7.99. The fraction of sp³-hybridized carbons (Fsp3) is 0.364. The predicted octanol–water partition coefficient (Wildman–Crippen LogP) is 4.91. The molecule has 1 aliphatic carbocycles. The second-order valence-electron chi connectivity index (χ2n) is 7.56. The number of amides is 1. The first kappa shape index (κ1) is 21.8. The van der Waals surface area contributed by atoms with Crippen LogP contribution in [0.15, 0.2) is 35.3 Å². The number of hydrogen-bond acceptors (Lipinski definition) is 7. The Morgan fingerprint density at radius 1 is 1.52 bits per heavy atom. The van der Waals surface area contributed by atoms with Gasteiger partial charge in [-0.3, -0.25) is 4.79 Å². The van der Waals surface area contributed by atoms with Gasteiger partial charge in [-0.2, -0.15) is 5.26 Å². The molecule has 160 valence electrons. The molecule has 9 heteroatoms. The van der Waals surface area contributed by atoms with Crippen molar-refractivity contribution in [1.82, 2.24) is 14.8 Å². The van der Waals surface area contributed by atoms with E-state index in [9.17, 15) is 10.1 Å². The molecule has 4 rings (SSSR count). The highest BCUT2D eigenvalue weighted by Gasteiger charge is 2.25. The third-order valence-electron chi connectivity index (χ3n) is 5.23. The smallest absolute Gasteiger partial charge is 0.235 e. The second kappa shape index (κ2) is 9.81. The Bertz CT molecular complexity index is 1120. The van der Waals surface area contributed by atoms with E-state index in [1.54, 1.807) is 22.7 Å². The molecule has 1 aliphatic rings. The number of thioether (sulfide) groups is 1. The lowest BCUT2D eigenvalue weighted by Crippen LogP contribution is -2.15. The molecule has 0 radical (unpaired) electrons. The molecule has 1 unspecified atom stereocenters. The van der Waals surface area contributed by atoms with E-state index < -0.39 is 0 Å². The van der Waals surface area contributed by atoms with Crippen LogP contribution in [0.4, 0.5) is 5.00 Å². The zero-order valence-corrected chi connectivity index (χ0v) is 19.7. The number of nitriles is 1. The first-order valence-electron chi connectivity index (χ1n) is 10.1. The van der Waals surface area contributed by atoms with Gasteiger partial charge in [-0.15, -0.1) is 39.4 Å². The van der Waals surface area contributed by atoms with Crippen molar-refractivity contribution in [3.05, 3.63) is 56.9 Å². The molecule has 0 aliphatic heterocycles. The maximum atomic E-state index is 12.7. The highest BCUT2D eigenvalue weighted by Crippen LogP contribution is 2.39. The van der Waals surface area contributed by atoms with Gasteiger partial charge in [0.05, 0.1) is 11.3 Å². The zero-order valence-electron chi connectivity index (χ0n) is 17.3. The second-order valence-corrected chi connectivity index (χ2v) is 10.6. The Morgan fingerprint density at radius 2 is 2.39 bits per heavy atom. The fourth-order valence-corrected chi connectivity index (χ4v) is 6.53. The summed E-state index contributed by atoms with van der Waals surface area (Å²) in [4.78, 5) is 15.1. The molecule has 3 aromatic heterocycles. The van der Waals surface area contributed by atoms with E-state index in [1.807, 2.05) is 22.1 Å². The van der Waals surface area contributed by atoms with E-state index in [0.29, 0.717) is 34.6 Å². The van der Waals surface area contributed by atoms with Gasteiger partial charge in [0.2, 0.25) is 5.91 Å². The number of nitrogens with zero attached hydrogens (tertiary/aromatic N) is 4. The van der Waals surface area contributed by atoms with Gasteiger partial charge in [0.1, 0.15) is 16.9 Å². The first-order valence-corrected chi connectivity index (χ1v) is 12.8. The number of thiophene rings is 2. The summed E-state index contributed by atoms with van der Waals surface area (Å²) >= 11 is 4.58. The van der Waals surface area contributed by atoms with Crippen molar-refractivity contribution in [2.45, 2.75) is 44.3 Å². The van der Waals surface area contributed by atoms with E-state index in [4.69, 9.17) is 0 Å². The van der Waals surface area contributed by atoms with Gasteiger partial charge in [-0.25, -0.2) is 0 Å². The van der Waals surface area contributed by atoms with E-state index in [-0.39, 0.29) is 11.7 Å². The van der Waals surface area contributed by atoms with Crippen LogP contribution >= 0.6 is 34.4 Å². The molecule has 0 fully saturated rings. The molecular formula is C22H23N5OS3. The van der Waals surface area contributed by atoms with Gasteiger partial charge in [-0.1, -0.05) is 30.8 Å². The third kappa shape index (κ3) is 4.92. The van der Waals surface area contributed by atoms with Crippen LogP contribution in [0.1, 0.15) is 40.1 Å². The lowest BCUT2D eigenvalue weighted by Gasteiger charge is -2.17. The molecule has 3 heterocycles. The number of aromatic nitrogens is 3. The van der Waals surface area contributed by atoms with Crippen LogP contribution in [0.2, 0.25) is 0 Å². The normalized spacial score (nSPS) is 15.3. The first-order chi connectivity index (χ1) is 15.1. The van der Waals surface area contributed by atoms with Crippen LogP contribution in [0.3, 0.4) is 0 Å². The van der Waals surface area contributed by atoms with Crippen molar-refractivity contribution in [2.24, 2.45) is 5.92 Å². The molecule has 0 bridgehead atoms. The summed E-state index contributed by atoms with van der Waals surface area (Å²) in [5.74, 6) is 1.55. The molecule has 0 spiro atoms. The van der Waals surface area contributed by atoms with E-state index in [2.05, 4.69) is 41.2 Å². The van der Waals surface area contributed by atoms with Crippen LogP contribution in [0, 0.1) is 17.2 Å². The van der Waals surface area contributed by atoms with Crippen LogP contribution in [0.5, 0.6) is 0 Å². The molecule has 0 saturated heterocycles. The minimum Gasteiger partial charge on any atom is -0.316 e. The molecular weight excluding hydrogens is 446 g/mol. The summed E-state index contributed by atoms with van der Waals surface area (Å²) in [6.45, 7) is 6.65. The summed E-state index contributed by atoms with van der Waals surface area (Å²) < 4.78 is 2.00. The molecule has 3 aromatic rings. The van der Waals surface area contributed by atoms with Crippen molar-refractivity contribution < 1.29 is 4.79 Å². The van der Waals surface area contributed by atoms with Crippen LogP contribution < -0.4 is 5.32 Å². The molecule has 0 aromatic carbocycles. The number of anilines is 1. The lowest BCUT2D eigenvalue weighted by molar-refractivity contribution is -0.113. The summed E-state index contributed by atoms with van der Waals surface area (Å²) in [5, 5.41) is 24.6. The summed E-state index contributed by atoms with van der Waals surface area (Å²) in [5.41, 5.74) is 1.76. The van der Waals surface area contributed by atoms with Crippen LogP contribution in [-0.2, 0) is 30.6 Å². The number of hydrogen-bond donors (Lipinski definition) is 1. The third-order valence-corrected chi connectivity index (χ3v) is 8.24. The van der Waals surface area contributed by atoms with Gasteiger partial charge in [0, 0.05) is 22.7 Å². The number of fused-ring (bicyclic) bond motifs is 1. The average Bonchev–Trinajstić information content (AvgIpc) is 3.47. The van der Waals surface area contributed by atoms with E-state index in [1.165, 1.54) is 21.5 Å². The molecule has 6 nitrogen and oxygen atoms in total. The van der Waals surface area contributed by atoms with Crippen molar-refractivity contribution in [2.75, 3.05) is 11.1 Å². The highest BCUT2D eigenvalue weighted by atomic mass is 32.2. The number of carbonyl (C=O) groups is 1. The SMILES string of the molecule is C=CCn1c(Cc2cccs2)nnc1SCC(=O)Nc1sc2c(c1C#N)CCC(C)C2. The summed E-state index contributed by atoms with van der Waals surface area (Å²) in [6, 6.07) is 6.40. The molecule has 1 N–H and O–H groups in total. The monoisotopic (exact) mass is 469 g/mol. The molecule has 0 saturated carbocycles. The maximum Gasteiger partial charge on any atom is 0.235 e. The Balaban J connectivity index is 1.43. The Labute approximate surface area is 194 Å². The number of nitrogens with one attached hydrogen (secondary N) is 1. The zero-order chi connectivity index (χ0) is 21.8. The van der Waals surface area contributed by atoms with Crippen molar-refractivity contribution in [3.63, 3.8) is 0 Å². The van der Waals surface area contributed by atoms with E-state index >= 15 is 0 Å². The molecule has 1 atom stereocenters. The van der Waals surface area contributed by atoms with Gasteiger partial charge >= 0.3 is 0 Å². The van der Waals surface area contributed by atoms with Crippen molar-refractivity contribution >= 4 is 45.3 Å². The minimum atomic E-state index is -0.138. The number of allylic oxidation sites excluding steroid dienone is 1. The van der Waals surface area contributed by atoms with Crippen molar-refractivity contribution in [1.29, 1.82) is 5.26 Å². The standard InChI is InChI=1S/C22H23N5OS3/c1-3-8-27-19(11-15-5-4-9-29-15)25-26-22(27)30-13-20(28)24-21-17(12-23)16-7-6-14(2)10-18(16)31-21/h3-5,9,14H,1,6-8,10-11,13H2,2H3,(H,24,28). The van der Waals surface area contributed by atoms with E-state index in [0.717, 1.165) is 30.7 Å². The topological polar surface area (TPSA) is 83.6 Å². The Kier molecular flexibility index (Phi) is 6.90. The Morgan fingerprint density at radius 3 is 3.13 bits per heavy atom. The van der Waals surface area contributed by atoms with Crippen LogP contribution in [-0.4, -0.2) is 26.4 Å². The predicted molar refractivity (Wildman–Crippen MR) is 127 cm³/mol. The van der Waals surface area contributed by atoms with Gasteiger partial charge in [-0.05, 0) is 42.2 Å². The quantitative estimate of drug-likeness (QED) is 0.374. The number of rotatable bonds is 8. The number of carbonyl (C=O) groups excluding carboxylic acids is 1. The van der Waals surface area contributed by atoms with Gasteiger partial charge < -0.3 is 9.88 Å². The largest absolute Gasteiger partial charge is 0.316 e. The molecule has 31 heavy (non-hydrogen) atoms. The van der Waals surface area contributed by atoms with Gasteiger partial charge in [0.25, 0.3) is 0 Å². The fourth-order valence-electron chi connectivity index (χ4n) is 3.69. The molecule has 1 amide bonds.